The van der Waals surface area contributed by atoms with E-state index in [0.717, 1.165) is 22.4 Å². The molecule has 0 unspecified atom stereocenters. The monoisotopic (exact) mass is 240 g/mol. The number of benzene rings is 2. The fourth-order valence-electron chi connectivity index (χ4n) is 1.71. The normalized spacial score (nSPS) is 10.1. The van der Waals surface area contributed by atoms with Crippen LogP contribution in [0.2, 0.25) is 0 Å². The molecule has 0 bridgehead atoms. The Morgan fingerprint density at radius 2 is 1.89 bits per heavy atom. The maximum Gasteiger partial charge on any atom is 0.122 e. The van der Waals surface area contributed by atoms with E-state index in [2.05, 4.69) is 0 Å². The van der Waals surface area contributed by atoms with Crippen molar-refractivity contribution in [3.05, 3.63) is 65.2 Å². The van der Waals surface area contributed by atoms with Crippen molar-refractivity contribution in [2.24, 2.45) is 5.73 Å². The fraction of sp³-hybridized carbons (Fsp3) is 0.133. The van der Waals surface area contributed by atoms with E-state index in [0.29, 0.717) is 6.61 Å². The molecule has 0 aliphatic heterocycles. The van der Waals surface area contributed by atoms with Gasteiger partial charge in [-0.2, -0.15) is 0 Å². The van der Waals surface area contributed by atoms with Gasteiger partial charge in [0.1, 0.15) is 18.2 Å². The van der Waals surface area contributed by atoms with Gasteiger partial charge in [0.2, 0.25) is 0 Å². The first-order valence-electron chi connectivity index (χ1n) is 5.78. The van der Waals surface area contributed by atoms with E-state index in [-0.39, 0.29) is 5.84 Å². The SMILES string of the molecule is Cc1cc(C(=N)N)ccc1OCc1ccccc1. The van der Waals surface area contributed by atoms with Crippen LogP contribution in [0.5, 0.6) is 5.75 Å². The Balaban J connectivity index is 2.08. The first kappa shape index (κ1) is 12.2. The first-order chi connectivity index (χ1) is 8.66. The topological polar surface area (TPSA) is 59.1 Å². The molecule has 18 heavy (non-hydrogen) atoms. The highest BCUT2D eigenvalue weighted by Crippen LogP contribution is 2.20. The molecule has 0 radical (unpaired) electrons. The Kier molecular flexibility index (Phi) is 3.63. The number of amidine groups is 1. The van der Waals surface area contributed by atoms with E-state index in [1.165, 1.54) is 0 Å². The van der Waals surface area contributed by atoms with Gasteiger partial charge in [-0.3, -0.25) is 5.41 Å². The van der Waals surface area contributed by atoms with E-state index in [1.54, 1.807) is 6.07 Å². The summed E-state index contributed by atoms with van der Waals surface area (Å²) in [5.41, 5.74) is 8.28. The highest BCUT2D eigenvalue weighted by molar-refractivity contribution is 5.95. The van der Waals surface area contributed by atoms with Crippen LogP contribution in [-0.2, 0) is 6.61 Å². The van der Waals surface area contributed by atoms with E-state index in [9.17, 15) is 0 Å². The minimum absolute atomic E-state index is 0.0766. The molecule has 0 aliphatic rings. The van der Waals surface area contributed by atoms with E-state index in [4.69, 9.17) is 15.9 Å². The van der Waals surface area contributed by atoms with Crippen molar-refractivity contribution in [2.45, 2.75) is 13.5 Å². The molecule has 2 aromatic rings. The second kappa shape index (κ2) is 5.36. The summed E-state index contributed by atoms with van der Waals surface area (Å²) in [6.07, 6.45) is 0. The zero-order chi connectivity index (χ0) is 13.0. The summed E-state index contributed by atoms with van der Waals surface area (Å²) in [6, 6.07) is 15.5. The molecule has 0 heterocycles. The van der Waals surface area contributed by atoms with Crippen molar-refractivity contribution in [1.82, 2.24) is 0 Å². The Morgan fingerprint density at radius 3 is 2.50 bits per heavy atom. The second-order valence-corrected chi connectivity index (χ2v) is 4.17. The van der Waals surface area contributed by atoms with E-state index in [1.807, 2.05) is 49.4 Å². The summed E-state index contributed by atoms with van der Waals surface area (Å²) in [6.45, 7) is 2.49. The molecule has 0 fully saturated rings. The summed E-state index contributed by atoms with van der Waals surface area (Å²) >= 11 is 0. The molecule has 3 N–H and O–H groups in total. The lowest BCUT2D eigenvalue weighted by molar-refractivity contribution is 0.304. The summed E-state index contributed by atoms with van der Waals surface area (Å²) < 4.78 is 5.75. The Morgan fingerprint density at radius 1 is 1.17 bits per heavy atom. The number of aryl methyl sites for hydroxylation is 1. The average molecular weight is 240 g/mol. The summed E-state index contributed by atoms with van der Waals surface area (Å²) in [5, 5.41) is 7.38. The number of nitrogens with two attached hydrogens (primary N) is 1. The van der Waals surface area contributed by atoms with Crippen LogP contribution in [0.1, 0.15) is 16.7 Å². The lowest BCUT2D eigenvalue weighted by atomic mass is 10.1. The molecule has 3 heteroatoms. The van der Waals surface area contributed by atoms with Gasteiger partial charge in [0.15, 0.2) is 0 Å². The second-order valence-electron chi connectivity index (χ2n) is 4.17. The zero-order valence-electron chi connectivity index (χ0n) is 10.3. The largest absolute Gasteiger partial charge is 0.489 e. The van der Waals surface area contributed by atoms with Crippen molar-refractivity contribution in [3.8, 4) is 5.75 Å². The Labute approximate surface area is 107 Å². The van der Waals surface area contributed by atoms with Crippen molar-refractivity contribution >= 4 is 5.84 Å². The molecular formula is C15H16N2O. The number of nitrogen functional groups attached to an aromatic ring is 1. The predicted molar refractivity (Wildman–Crippen MR) is 73.0 cm³/mol. The Hall–Kier alpha value is -2.29. The van der Waals surface area contributed by atoms with E-state index >= 15 is 0 Å². The van der Waals surface area contributed by atoms with Crippen molar-refractivity contribution in [2.75, 3.05) is 0 Å². The molecule has 0 atom stereocenters. The number of rotatable bonds is 4. The molecular weight excluding hydrogens is 224 g/mol. The molecule has 0 saturated heterocycles. The number of hydrogen-bond donors (Lipinski definition) is 2. The maximum absolute atomic E-state index is 7.38. The molecule has 0 saturated carbocycles. The lowest BCUT2D eigenvalue weighted by Crippen LogP contribution is -2.11. The summed E-state index contributed by atoms with van der Waals surface area (Å²) in [4.78, 5) is 0. The van der Waals surface area contributed by atoms with Crippen molar-refractivity contribution in [1.29, 1.82) is 5.41 Å². The quantitative estimate of drug-likeness (QED) is 0.637. The molecule has 92 valence electrons. The molecule has 0 aromatic heterocycles. The third-order valence-electron chi connectivity index (χ3n) is 2.72. The van der Waals surface area contributed by atoms with Crippen LogP contribution in [0.15, 0.2) is 48.5 Å². The standard InChI is InChI=1S/C15H16N2O/c1-11-9-13(15(16)17)7-8-14(11)18-10-12-5-3-2-4-6-12/h2-9H,10H2,1H3,(H3,16,17). The lowest BCUT2D eigenvalue weighted by Gasteiger charge is -2.10. The maximum atomic E-state index is 7.38. The van der Waals surface area contributed by atoms with Gasteiger partial charge in [0.05, 0.1) is 0 Å². The third kappa shape index (κ3) is 2.88. The van der Waals surface area contributed by atoms with Gasteiger partial charge in [-0.1, -0.05) is 30.3 Å². The molecule has 0 aliphatic carbocycles. The van der Waals surface area contributed by atoms with Crippen molar-refractivity contribution in [3.63, 3.8) is 0 Å². The zero-order valence-corrected chi connectivity index (χ0v) is 10.3. The number of hydrogen-bond acceptors (Lipinski definition) is 2. The van der Waals surface area contributed by atoms with Crippen LogP contribution >= 0.6 is 0 Å². The van der Waals surface area contributed by atoms with Gasteiger partial charge in [-0.15, -0.1) is 0 Å². The van der Waals surface area contributed by atoms with Gasteiger partial charge in [-0.25, -0.2) is 0 Å². The third-order valence-corrected chi connectivity index (χ3v) is 2.72. The van der Waals surface area contributed by atoms with Gasteiger partial charge in [0.25, 0.3) is 0 Å². The predicted octanol–water partition coefficient (Wildman–Crippen LogP) is 2.86. The highest BCUT2D eigenvalue weighted by Gasteiger charge is 2.03. The van der Waals surface area contributed by atoms with Gasteiger partial charge in [-0.05, 0) is 36.2 Å². The minimum atomic E-state index is 0.0766. The molecule has 0 spiro atoms. The van der Waals surface area contributed by atoms with Crippen LogP contribution in [0.25, 0.3) is 0 Å². The molecule has 2 aromatic carbocycles. The Bertz CT molecular complexity index is 550. The van der Waals surface area contributed by atoms with Gasteiger partial charge >= 0.3 is 0 Å². The molecule has 0 amide bonds. The summed E-state index contributed by atoms with van der Waals surface area (Å²) in [7, 11) is 0. The minimum Gasteiger partial charge on any atom is -0.489 e. The number of ether oxygens (including phenoxy) is 1. The van der Waals surface area contributed by atoms with Crippen molar-refractivity contribution < 1.29 is 4.74 Å². The highest BCUT2D eigenvalue weighted by atomic mass is 16.5. The number of nitrogens with one attached hydrogen (secondary N) is 1. The smallest absolute Gasteiger partial charge is 0.122 e. The molecule has 3 nitrogen and oxygen atoms in total. The van der Waals surface area contributed by atoms with E-state index < -0.39 is 0 Å². The molecule has 2 rings (SSSR count). The van der Waals surface area contributed by atoms with Gasteiger partial charge in [0, 0.05) is 5.56 Å². The fourth-order valence-corrected chi connectivity index (χ4v) is 1.71. The van der Waals surface area contributed by atoms with Crippen LogP contribution in [0.3, 0.4) is 0 Å². The first-order valence-corrected chi connectivity index (χ1v) is 5.78. The van der Waals surface area contributed by atoms with Crippen LogP contribution in [0, 0.1) is 12.3 Å². The van der Waals surface area contributed by atoms with Crippen LogP contribution < -0.4 is 10.5 Å². The average Bonchev–Trinajstić information content (AvgIpc) is 2.38. The van der Waals surface area contributed by atoms with Crippen LogP contribution in [-0.4, -0.2) is 5.84 Å². The van der Waals surface area contributed by atoms with Gasteiger partial charge < -0.3 is 10.5 Å². The summed E-state index contributed by atoms with van der Waals surface area (Å²) in [5.74, 6) is 0.900. The van der Waals surface area contributed by atoms with Crippen LogP contribution in [0.4, 0.5) is 0 Å².